The summed E-state index contributed by atoms with van der Waals surface area (Å²) in [5, 5.41) is 0. The van der Waals surface area contributed by atoms with Crippen LogP contribution in [0.1, 0.15) is 35.6 Å². The Kier molecular flexibility index (Phi) is 3.40. The third-order valence-corrected chi connectivity index (χ3v) is 5.73. The van der Waals surface area contributed by atoms with Gasteiger partial charge in [0.2, 0.25) is 0 Å². The summed E-state index contributed by atoms with van der Waals surface area (Å²) in [6.45, 7) is 4.47. The topological polar surface area (TPSA) is 38.0 Å². The highest BCUT2D eigenvalue weighted by Crippen LogP contribution is 2.47. The fraction of sp³-hybridized carbons (Fsp3) is 0.636. The zero-order chi connectivity index (χ0) is 10.9. The van der Waals surface area contributed by atoms with Crippen LogP contribution < -0.4 is 11.3 Å². The molecule has 1 aliphatic heterocycles. The van der Waals surface area contributed by atoms with Gasteiger partial charge in [0.05, 0.1) is 6.04 Å². The molecule has 0 radical (unpaired) electrons. The van der Waals surface area contributed by atoms with Crippen LogP contribution in [0.15, 0.2) is 12.1 Å². The average Bonchev–Trinajstić information content (AvgIpc) is 2.78. The molecule has 3 N–H and O–H groups in total. The number of rotatable bonds is 3. The van der Waals surface area contributed by atoms with E-state index in [1.807, 2.05) is 23.1 Å². The van der Waals surface area contributed by atoms with Crippen LogP contribution >= 0.6 is 23.1 Å². The Balaban J connectivity index is 2.23. The van der Waals surface area contributed by atoms with Gasteiger partial charge in [-0.25, -0.2) is 0 Å². The summed E-state index contributed by atoms with van der Waals surface area (Å²) in [5.41, 5.74) is 3.00. The van der Waals surface area contributed by atoms with Crippen molar-refractivity contribution in [2.75, 3.05) is 5.75 Å². The molecule has 1 aliphatic rings. The minimum absolute atomic E-state index is 0.270. The summed E-state index contributed by atoms with van der Waals surface area (Å²) in [6, 6.07) is 4.67. The van der Waals surface area contributed by atoms with Crippen LogP contribution in [0, 0.1) is 6.92 Å². The van der Waals surface area contributed by atoms with Crippen LogP contribution in [0.2, 0.25) is 0 Å². The van der Waals surface area contributed by atoms with Crippen molar-refractivity contribution in [1.29, 1.82) is 0 Å². The van der Waals surface area contributed by atoms with E-state index < -0.39 is 0 Å². The van der Waals surface area contributed by atoms with Gasteiger partial charge in [-0.3, -0.25) is 11.3 Å². The first kappa shape index (κ1) is 11.5. The summed E-state index contributed by atoms with van der Waals surface area (Å²) < 4.78 is 0.270. The summed E-state index contributed by atoms with van der Waals surface area (Å²) in [4.78, 5) is 2.73. The molecule has 0 saturated carbocycles. The maximum Gasteiger partial charge on any atom is 0.0697 e. The molecule has 0 aliphatic carbocycles. The van der Waals surface area contributed by atoms with Crippen molar-refractivity contribution < 1.29 is 0 Å². The van der Waals surface area contributed by atoms with E-state index in [1.54, 1.807) is 0 Å². The summed E-state index contributed by atoms with van der Waals surface area (Å²) >= 11 is 3.90. The molecule has 84 valence electrons. The number of aryl methyl sites for hydroxylation is 1. The molecule has 0 amide bonds. The van der Waals surface area contributed by atoms with Crippen molar-refractivity contribution in [1.82, 2.24) is 5.43 Å². The van der Waals surface area contributed by atoms with E-state index in [-0.39, 0.29) is 4.75 Å². The number of hydrogen-bond donors (Lipinski definition) is 2. The lowest BCUT2D eigenvalue weighted by Crippen LogP contribution is -2.40. The third-order valence-electron chi connectivity index (χ3n) is 3.07. The van der Waals surface area contributed by atoms with Gasteiger partial charge in [0, 0.05) is 14.5 Å². The predicted octanol–water partition coefficient (Wildman–Crippen LogP) is 2.85. The number of thioether (sulfide) groups is 1. The number of nitrogens with two attached hydrogens (primary N) is 1. The molecule has 2 atom stereocenters. The molecular weight excluding hydrogens is 224 g/mol. The third kappa shape index (κ3) is 2.23. The van der Waals surface area contributed by atoms with Crippen molar-refractivity contribution in [3.05, 3.63) is 21.9 Å². The van der Waals surface area contributed by atoms with Gasteiger partial charge in [0.1, 0.15) is 0 Å². The Morgan fingerprint density at radius 2 is 2.33 bits per heavy atom. The second-order valence-corrected chi connectivity index (χ2v) is 7.26. The van der Waals surface area contributed by atoms with E-state index in [1.165, 1.54) is 28.3 Å². The highest BCUT2D eigenvalue weighted by molar-refractivity contribution is 8.00. The Morgan fingerprint density at radius 1 is 1.53 bits per heavy atom. The minimum Gasteiger partial charge on any atom is -0.271 e. The highest BCUT2D eigenvalue weighted by Gasteiger charge is 2.38. The van der Waals surface area contributed by atoms with E-state index in [4.69, 9.17) is 5.84 Å². The Morgan fingerprint density at radius 3 is 2.80 bits per heavy atom. The molecule has 1 aromatic heterocycles. The van der Waals surface area contributed by atoms with Crippen LogP contribution in [-0.2, 0) is 0 Å². The zero-order valence-corrected chi connectivity index (χ0v) is 10.9. The quantitative estimate of drug-likeness (QED) is 0.632. The second-order valence-electron chi connectivity index (χ2n) is 4.31. The number of thiophene rings is 1. The van der Waals surface area contributed by atoms with Gasteiger partial charge in [-0.15, -0.1) is 11.3 Å². The summed E-state index contributed by atoms with van der Waals surface area (Å²) in [7, 11) is 0. The highest BCUT2D eigenvalue weighted by atomic mass is 32.2. The Labute approximate surface area is 99.6 Å². The van der Waals surface area contributed by atoms with Gasteiger partial charge >= 0.3 is 0 Å². The van der Waals surface area contributed by atoms with Crippen molar-refractivity contribution in [2.45, 2.75) is 37.5 Å². The van der Waals surface area contributed by atoms with Crippen molar-refractivity contribution in [3.8, 4) is 0 Å². The fourth-order valence-corrected chi connectivity index (χ4v) is 4.77. The lowest BCUT2D eigenvalue weighted by Gasteiger charge is -2.32. The molecule has 1 fully saturated rings. The number of nitrogens with one attached hydrogen (secondary N) is 1. The van der Waals surface area contributed by atoms with Crippen LogP contribution in [0.3, 0.4) is 0 Å². The molecule has 2 heterocycles. The van der Waals surface area contributed by atoms with Gasteiger partial charge in [-0.1, -0.05) is 0 Å². The first-order valence-electron chi connectivity index (χ1n) is 5.32. The molecule has 0 spiro atoms. The largest absolute Gasteiger partial charge is 0.271 e. The second kappa shape index (κ2) is 4.45. The van der Waals surface area contributed by atoms with Crippen LogP contribution in [0.4, 0.5) is 0 Å². The van der Waals surface area contributed by atoms with Crippen LogP contribution in [0.5, 0.6) is 0 Å². The van der Waals surface area contributed by atoms with Crippen molar-refractivity contribution in [2.24, 2.45) is 5.84 Å². The van der Waals surface area contributed by atoms with E-state index >= 15 is 0 Å². The van der Waals surface area contributed by atoms with Gasteiger partial charge in [-0.05, 0) is 44.6 Å². The van der Waals surface area contributed by atoms with Crippen LogP contribution in [-0.4, -0.2) is 10.5 Å². The monoisotopic (exact) mass is 242 g/mol. The van der Waals surface area contributed by atoms with E-state index in [0.717, 1.165) is 0 Å². The van der Waals surface area contributed by atoms with Gasteiger partial charge in [0.25, 0.3) is 0 Å². The minimum atomic E-state index is 0.270. The zero-order valence-electron chi connectivity index (χ0n) is 9.25. The van der Waals surface area contributed by atoms with Crippen molar-refractivity contribution >= 4 is 23.1 Å². The van der Waals surface area contributed by atoms with E-state index in [2.05, 4.69) is 31.4 Å². The molecule has 0 bridgehead atoms. The predicted molar refractivity (Wildman–Crippen MR) is 69.2 cm³/mol. The molecule has 15 heavy (non-hydrogen) atoms. The van der Waals surface area contributed by atoms with Gasteiger partial charge in [-0.2, -0.15) is 11.8 Å². The smallest absolute Gasteiger partial charge is 0.0697 e. The molecular formula is C11H18N2S2. The maximum absolute atomic E-state index is 5.72. The normalized spacial score (nSPS) is 28.2. The fourth-order valence-electron chi connectivity index (χ4n) is 2.20. The standard InChI is InChI=1S/C11H18N2S2/c1-8-4-5-9(15-8)10(13-12)11(2)6-3-7-14-11/h4-5,10,13H,3,6-7,12H2,1-2H3. The number of hydrogen-bond acceptors (Lipinski definition) is 4. The summed E-state index contributed by atoms with van der Waals surface area (Å²) in [5.74, 6) is 6.99. The molecule has 1 aromatic rings. The van der Waals surface area contributed by atoms with E-state index in [0.29, 0.717) is 6.04 Å². The summed E-state index contributed by atoms with van der Waals surface area (Å²) in [6.07, 6.45) is 2.56. The molecule has 4 heteroatoms. The maximum atomic E-state index is 5.72. The molecule has 2 nitrogen and oxygen atoms in total. The Bertz CT molecular complexity index is 329. The first-order valence-corrected chi connectivity index (χ1v) is 7.12. The molecule has 1 saturated heterocycles. The number of hydrazine groups is 1. The van der Waals surface area contributed by atoms with Gasteiger partial charge in [0.15, 0.2) is 0 Å². The van der Waals surface area contributed by atoms with Crippen molar-refractivity contribution in [3.63, 3.8) is 0 Å². The lowest BCUT2D eigenvalue weighted by molar-refractivity contribution is 0.426. The molecule has 2 unspecified atom stereocenters. The Hall–Kier alpha value is -0.0300. The molecule has 0 aromatic carbocycles. The first-order chi connectivity index (χ1) is 7.15. The van der Waals surface area contributed by atoms with Gasteiger partial charge < -0.3 is 0 Å². The van der Waals surface area contributed by atoms with E-state index in [9.17, 15) is 0 Å². The SMILES string of the molecule is Cc1ccc(C(NN)C2(C)CCCS2)s1. The lowest BCUT2D eigenvalue weighted by atomic mass is 9.95. The van der Waals surface area contributed by atoms with Crippen LogP contribution in [0.25, 0.3) is 0 Å². The average molecular weight is 242 g/mol. The molecule has 2 rings (SSSR count).